The van der Waals surface area contributed by atoms with Gasteiger partial charge < -0.3 is 4.90 Å². The summed E-state index contributed by atoms with van der Waals surface area (Å²) in [6.45, 7) is 3.97. The Labute approximate surface area is 122 Å². The number of carbonyl (C=O) groups is 1. The van der Waals surface area contributed by atoms with Gasteiger partial charge in [0.1, 0.15) is 5.82 Å². The van der Waals surface area contributed by atoms with Gasteiger partial charge in [-0.3, -0.25) is 4.79 Å². The fraction of sp³-hybridized carbons (Fsp3) is 0.308. The molecule has 0 atom stereocenters. The number of rotatable bonds is 6. The zero-order valence-electron chi connectivity index (χ0n) is 11.0. The van der Waals surface area contributed by atoms with E-state index in [1.54, 1.807) is 6.08 Å². The van der Waals surface area contributed by atoms with Crippen molar-refractivity contribution in [2.24, 2.45) is 0 Å². The van der Waals surface area contributed by atoms with Gasteiger partial charge in [0.05, 0.1) is 10.5 Å². The Morgan fingerprint density at radius 2 is 2.15 bits per heavy atom. The van der Waals surface area contributed by atoms with E-state index >= 15 is 0 Å². The molecule has 0 N–H and O–H groups in total. The lowest BCUT2D eigenvalue weighted by Crippen LogP contribution is -2.28. The predicted molar refractivity (Wildman–Crippen MR) is 75.8 cm³/mol. The number of nitrogens with zero attached hydrogens (tertiary/aromatic N) is 1. The Morgan fingerprint density at radius 1 is 1.50 bits per heavy atom. The van der Waals surface area contributed by atoms with Gasteiger partial charge in [-0.2, -0.15) is 0 Å². The first kappa shape index (κ1) is 16.7. The van der Waals surface area contributed by atoms with Crippen LogP contribution in [0, 0.1) is 5.82 Å². The molecule has 0 spiro atoms. The summed E-state index contributed by atoms with van der Waals surface area (Å²) in [5.74, 6) is -1.29. The van der Waals surface area contributed by atoms with Crippen LogP contribution in [0.15, 0.2) is 35.7 Å². The van der Waals surface area contributed by atoms with E-state index < -0.39 is 20.8 Å². The Bertz CT molecular complexity index is 616. The first-order valence-electron chi connectivity index (χ1n) is 5.88. The molecule has 4 nitrogen and oxygen atoms in total. The van der Waals surface area contributed by atoms with E-state index in [0.29, 0.717) is 13.0 Å². The topological polar surface area (TPSA) is 54.5 Å². The third-order valence-corrected chi connectivity index (χ3v) is 4.06. The van der Waals surface area contributed by atoms with Crippen LogP contribution in [-0.4, -0.2) is 32.8 Å². The molecule has 0 fully saturated rings. The fourth-order valence-electron chi connectivity index (χ4n) is 1.66. The van der Waals surface area contributed by atoms with Gasteiger partial charge in [0.25, 0.3) is 15.0 Å². The molecular formula is C13H15ClFNO3S. The van der Waals surface area contributed by atoms with E-state index in [0.717, 1.165) is 24.6 Å². The van der Waals surface area contributed by atoms with Gasteiger partial charge in [-0.15, -0.1) is 6.58 Å². The molecule has 0 heterocycles. The summed E-state index contributed by atoms with van der Waals surface area (Å²) in [4.78, 5) is 13.1. The summed E-state index contributed by atoms with van der Waals surface area (Å²) in [5, 5.41) is 0. The molecule has 0 aliphatic heterocycles. The fourth-order valence-corrected chi connectivity index (χ4v) is 2.71. The minimum Gasteiger partial charge on any atom is -0.342 e. The summed E-state index contributed by atoms with van der Waals surface area (Å²) in [5.41, 5.74) is -0.263. The molecule has 0 saturated heterocycles. The summed E-state index contributed by atoms with van der Waals surface area (Å²) in [7, 11) is 2.66. The van der Waals surface area contributed by atoms with Crippen LogP contribution >= 0.6 is 10.7 Å². The van der Waals surface area contributed by atoms with Crippen molar-refractivity contribution in [3.8, 4) is 0 Å². The molecule has 20 heavy (non-hydrogen) atoms. The van der Waals surface area contributed by atoms with E-state index in [2.05, 4.69) is 6.58 Å². The lowest BCUT2D eigenvalue weighted by molar-refractivity contribution is 0.0789. The van der Waals surface area contributed by atoms with Gasteiger partial charge in [-0.05, 0) is 31.0 Å². The third kappa shape index (κ3) is 4.31. The average molecular weight is 320 g/mol. The molecule has 0 radical (unpaired) electrons. The van der Waals surface area contributed by atoms with Crippen molar-refractivity contribution in [1.82, 2.24) is 4.90 Å². The molecule has 0 unspecified atom stereocenters. The van der Waals surface area contributed by atoms with Crippen LogP contribution in [0.5, 0.6) is 0 Å². The largest absolute Gasteiger partial charge is 0.342 e. The van der Waals surface area contributed by atoms with Crippen molar-refractivity contribution < 1.29 is 17.6 Å². The monoisotopic (exact) mass is 319 g/mol. The molecule has 1 aromatic rings. The molecule has 0 aliphatic carbocycles. The lowest BCUT2D eigenvalue weighted by atomic mass is 10.2. The molecule has 7 heteroatoms. The minimum absolute atomic E-state index is 0.263. The van der Waals surface area contributed by atoms with Crippen molar-refractivity contribution >= 4 is 25.6 Å². The molecule has 0 aromatic heterocycles. The second-order valence-electron chi connectivity index (χ2n) is 4.24. The van der Waals surface area contributed by atoms with E-state index in [9.17, 15) is 17.6 Å². The number of halogens is 2. The molecule has 0 aliphatic rings. The van der Waals surface area contributed by atoms with Gasteiger partial charge in [0.2, 0.25) is 0 Å². The maximum Gasteiger partial charge on any atom is 0.262 e. The van der Waals surface area contributed by atoms with Gasteiger partial charge in [0, 0.05) is 24.3 Å². The van der Waals surface area contributed by atoms with Crippen LogP contribution in [0.3, 0.4) is 0 Å². The highest BCUT2D eigenvalue weighted by atomic mass is 35.7. The normalized spacial score (nSPS) is 11.2. The van der Waals surface area contributed by atoms with Crippen molar-refractivity contribution in [2.45, 2.75) is 17.7 Å². The molecule has 0 saturated carbocycles. The van der Waals surface area contributed by atoms with Crippen molar-refractivity contribution in [2.75, 3.05) is 13.6 Å². The highest BCUT2D eigenvalue weighted by molar-refractivity contribution is 8.13. The van der Waals surface area contributed by atoms with Gasteiger partial charge in [-0.25, -0.2) is 12.8 Å². The summed E-state index contributed by atoms with van der Waals surface area (Å²) in [6, 6.07) is 2.81. The smallest absolute Gasteiger partial charge is 0.262 e. The highest BCUT2D eigenvalue weighted by Gasteiger charge is 2.23. The van der Waals surface area contributed by atoms with E-state index in [4.69, 9.17) is 10.7 Å². The summed E-state index contributed by atoms with van der Waals surface area (Å²) >= 11 is 0. The Kier molecular flexibility index (Phi) is 5.71. The first-order chi connectivity index (χ1) is 9.27. The van der Waals surface area contributed by atoms with Crippen LogP contribution in [0.4, 0.5) is 4.39 Å². The van der Waals surface area contributed by atoms with Crippen molar-refractivity contribution in [3.63, 3.8) is 0 Å². The Morgan fingerprint density at radius 3 is 2.70 bits per heavy atom. The first-order valence-corrected chi connectivity index (χ1v) is 8.19. The minimum atomic E-state index is -4.11. The molecular weight excluding hydrogens is 305 g/mol. The van der Waals surface area contributed by atoms with Crippen LogP contribution in [0.2, 0.25) is 0 Å². The van der Waals surface area contributed by atoms with Crippen LogP contribution in [0.1, 0.15) is 23.2 Å². The lowest BCUT2D eigenvalue weighted by Gasteiger charge is -2.18. The zero-order chi connectivity index (χ0) is 15.3. The van der Waals surface area contributed by atoms with Crippen LogP contribution < -0.4 is 0 Å². The van der Waals surface area contributed by atoms with Crippen LogP contribution in [-0.2, 0) is 9.05 Å². The van der Waals surface area contributed by atoms with E-state index in [1.807, 2.05) is 0 Å². The second kappa shape index (κ2) is 6.85. The Hall–Kier alpha value is -1.40. The molecule has 1 aromatic carbocycles. The van der Waals surface area contributed by atoms with Crippen molar-refractivity contribution in [1.29, 1.82) is 0 Å². The maximum atomic E-state index is 13.2. The number of hydrogen-bond acceptors (Lipinski definition) is 3. The van der Waals surface area contributed by atoms with Gasteiger partial charge >= 0.3 is 0 Å². The molecule has 0 bridgehead atoms. The maximum absolute atomic E-state index is 13.2. The van der Waals surface area contributed by atoms with E-state index in [1.165, 1.54) is 11.9 Å². The Balaban J connectivity index is 3.08. The van der Waals surface area contributed by atoms with Crippen LogP contribution in [0.25, 0.3) is 0 Å². The number of allylic oxidation sites excluding steroid dienone is 1. The molecule has 1 rings (SSSR count). The summed E-state index contributed by atoms with van der Waals surface area (Å²) in [6.07, 6.45) is 3.13. The van der Waals surface area contributed by atoms with Gasteiger partial charge in [-0.1, -0.05) is 6.08 Å². The second-order valence-corrected chi connectivity index (χ2v) is 6.77. The molecule has 1 amide bonds. The number of unbranched alkanes of at least 4 members (excludes halogenated alkanes) is 1. The zero-order valence-corrected chi connectivity index (χ0v) is 12.5. The average Bonchev–Trinajstić information content (AvgIpc) is 2.36. The number of carbonyl (C=O) groups excluding carboxylic acids is 1. The highest BCUT2D eigenvalue weighted by Crippen LogP contribution is 2.22. The predicted octanol–water partition coefficient (Wildman–Crippen LogP) is 2.79. The number of benzene rings is 1. The van der Waals surface area contributed by atoms with Gasteiger partial charge in [0.15, 0.2) is 0 Å². The number of hydrogen-bond donors (Lipinski definition) is 0. The quantitative estimate of drug-likeness (QED) is 0.460. The third-order valence-electron chi connectivity index (χ3n) is 2.68. The summed E-state index contributed by atoms with van der Waals surface area (Å²) < 4.78 is 36.1. The molecule has 110 valence electrons. The van der Waals surface area contributed by atoms with Crippen molar-refractivity contribution in [3.05, 3.63) is 42.2 Å². The standard InChI is InChI=1S/C13H15ClFNO3S/c1-3-4-5-8-16(2)13(17)11-9-10(15)6-7-12(11)20(14,18)19/h3,6-7,9H,1,4-5,8H2,2H3. The van der Waals surface area contributed by atoms with E-state index in [-0.39, 0.29) is 10.5 Å². The SMILES string of the molecule is C=CCCCN(C)C(=O)c1cc(F)ccc1S(=O)(=O)Cl. The number of amides is 1.